The molecule has 3 amide bonds. The van der Waals surface area contributed by atoms with E-state index in [9.17, 15) is 34.2 Å². The Hall–Kier alpha value is -2.80. The molecule has 0 spiro atoms. The minimum Gasteiger partial charge on any atom is -0.477 e. The number of likely N-dealkylation sites (N-methyl/N-ethyl adjacent to an activating group) is 1. The summed E-state index contributed by atoms with van der Waals surface area (Å²) in [4.78, 5) is 66.1. The number of thioether (sulfide) groups is 1. The third kappa shape index (κ3) is 5.17. The summed E-state index contributed by atoms with van der Waals surface area (Å²) in [6, 6.07) is -1.30. The number of β-lactam (4-membered cyclic amide) rings is 1. The van der Waals surface area contributed by atoms with E-state index < -0.39 is 54.8 Å². The van der Waals surface area contributed by atoms with Crippen LogP contribution < -0.4 is 0 Å². The molecule has 200 valence electrons. The average Bonchev–Trinajstić information content (AvgIpc) is 3.31. The largest absolute Gasteiger partial charge is 0.477 e. The van der Waals surface area contributed by atoms with Crippen molar-refractivity contribution >= 4 is 41.6 Å². The normalized spacial score (nSPS) is 27.9. The zero-order valence-electron chi connectivity index (χ0n) is 21.0. The molecular formula is C23H33N3O9S. The summed E-state index contributed by atoms with van der Waals surface area (Å²) in [5.41, 5.74) is -0.112. The summed E-state index contributed by atoms with van der Waals surface area (Å²) in [6.45, 7) is 4.66. The molecule has 0 aromatic rings. The van der Waals surface area contributed by atoms with E-state index >= 15 is 0 Å². The van der Waals surface area contributed by atoms with Crippen LogP contribution in [0.4, 0.5) is 4.79 Å². The fourth-order valence-corrected chi connectivity index (χ4v) is 6.50. The fourth-order valence-electron chi connectivity index (χ4n) is 4.98. The Kier molecular flexibility index (Phi) is 8.55. The summed E-state index contributed by atoms with van der Waals surface area (Å²) >= 11 is 1.23. The van der Waals surface area contributed by atoms with E-state index in [1.54, 1.807) is 14.1 Å². The van der Waals surface area contributed by atoms with E-state index in [1.807, 2.05) is 13.8 Å². The van der Waals surface area contributed by atoms with Gasteiger partial charge in [-0.3, -0.25) is 19.3 Å². The Balaban J connectivity index is 1.76. The maximum atomic E-state index is 12.8. The lowest BCUT2D eigenvalue weighted by Crippen LogP contribution is -2.63. The van der Waals surface area contributed by atoms with Gasteiger partial charge in [-0.15, -0.1) is 11.8 Å². The molecule has 2 fully saturated rings. The minimum absolute atomic E-state index is 0.0955. The van der Waals surface area contributed by atoms with Gasteiger partial charge >= 0.3 is 18.0 Å². The number of rotatable bonds is 9. The van der Waals surface area contributed by atoms with Crippen molar-refractivity contribution in [1.29, 1.82) is 0 Å². The van der Waals surface area contributed by atoms with Crippen LogP contribution in [0.5, 0.6) is 0 Å². The average molecular weight is 528 g/mol. The number of carbonyl (C=O) groups is 5. The highest BCUT2D eigenvalue weighted by atomic mass is 32.2. The molecule has 0 aromatic heterocycles. The molecule has 6 atom stereocenters. The van der Waals surface area contributed by atoms with Crippen molar-refractivity contribution in [3.05, 3.63) is 10.6 Å². The highest BCUT2D eigenvalue weighted by Gasteiger charge is 2.60. The first-order valence-electron chi connectivity index (χ1n) is 11.9. The number of nitrogens with zero attached hydrogens (tertiary/aromatic N) is 3. The fraction of sp³-hybridized carbons (Fsp3) is 0.696. The van der Waals surface area contributed by atoms with Crippen LogP contribution in [-0.2, 0) is 28.7 Å². The Bertz CT molecular complexity index is 966. The van der Waals surface area contributed by atoms with E-state index in [0.29, 0.717) is 11.3 Å². The van der Waals surface area contributed by atoms with Crippen LogP contribution in [0.15, 0.2) is 10.6 Å². The number of hydrogen-bond donors (Lipinski definition) is 2. The number of fused-ring (bicyclic) bond motifs is 1. The van der Waals surface area contributed by atoms with Gasteiger partial charge in [0, 0.05) is 43.1 Å². The zero-order chi connectivity index (χ0) is 26.9. The molecule has 0 radical (unpaired) electrons. The Labute approximate surface area is 213 Å². The molecule has 0 bridgehead atoms. The molecule has 3 aliphatic heterocycles. The molecular weight excluding hydrogens is 494 g/mol. The second kappa shape index (κ2) is 11.1. The summed E-state index contributed by atoms with van der Waals surface area (Å²) in [5, 5.41) is 19.5. The monoisotopic (exact) mass is 527 g/mol. The smallest absolute Gasteiger partial charge is 0.413 e. The first kappa shape index (κ1) is 27.8. The summed E-state index contributed by atoms with van der Waals surface area (Å²) in [7, 11) is 3.13. The zero-order valence-corrected chi connectivity index (χ0v) is 21.8. The number of amides is 3. The van der Waals surface area contributed by atoms with E-state index in [4.69, 9.17) is 9.47 Å². The van der Waals surface area contributed by atoms with Gasteiger partial charge in [0.25, 0.3) is 0 Å². The van der Waals surface area contributed by atoms with Crippen molar-refractivity contribution < 1.29 is 43.7 Å². The van der Waals surface area contributed by atoms with Crippen molar-refractivity contribution in [3.8, 4) is 0 Å². The maximum Gasteiger partial charge on any atom is 0.413 e. The third-order valence-corrected chi connectivity index (χ3v) is 8.18. The van der Waals surface area contributed by atoms with Gasteiger partial charge in [0.2, 0.25) is 18.6 Å². The molecule has 12 nitrogen and oxygen atoms in total. The molecule has 2 saturated heterocycles. The van der Waals surface area contributed by atoms with Crippen LogP contribution in [0.25, 0.3) is 0 Å². The molecule has 0 aliphatic carbocycles. The Morgan fingerprint density at radius 1 is 1.22 bits per heavy atom. The predicted molar refractivity (Wildman–Crippen MR) is 127 cm³/mol. The van der Waals surface area contributed by atoms with Crippen molar-refractivity contribution in [2.45, 2.75) is 63.5 Å². The number of ether oxygens (including phenoxy) is 2. The molecule has 6 unspecified atom stereocenters. The van der Waals surface area contributed by atoms with E-state index in [-0.39, 0.29) is 42.2 Å². The molecule has 3 heterocycles. The molecule has 3 rings (SSSR count). The number of esters is 1. The standard InChI is InChI=1S/C23H33N3O9S/c1-6-7-15(28)34-10-35-23(33)25-9-13(8-14(25)20(29)24(4)5)36-19-11(2)17-16(12(3)27)21(30)26(17)18(19)22(31)32/h11-14,16-17,27H,6-10H2,1-5H3,(H,31,32). The first-order valence-corrected chi connectivity index (χ1v) is 12.7. The summed E-state index contributed by atoms with van der Waals surface area (Å²) in [6.07, 6.45) is -0.703. The number of carbonyl (C=O) groups excluding carboxylic acids is 4. The maximum absolute atomic E-state index is 12.8. The van der Waals surface area contributed by atoms with Crippen LogP contribution in [0.1, 0.15) is 40.0 Å². The number of hydrogen-bond acceptors (Lipinski definition) is 9. The third-order valence-electron chi connectivity index (χ3n) is 6.68. The number of likely N-dealkylation sites (tertiary alicyclic amines) is 1. The second-order valence-electron chi connectivity index (χ2n) is 9.44. The summed E-state index contributed by atoms with van der Waals surface area (Å²) < 4.78 is 9.95. The number of carboxylic acid groups (broad SMARTS) is 1. The van der Waals surface area contributed by atoms with E-state index in [0.717, 1.165) is 0 Å². The Morgan fingerprint density at radius 2 is 1.89 bits per heavy atom. The van der Waals surface area contributed by atoms with Gasteiger partial charge in [0.05, 0.1) is 18.1 Å². The van der Waals surface area contributed by atoms with Gasteiger partial charge in [-0.2, -0.15) is 0 Å². The number of aliphatic hydroxyl groups is 1. The molecule has 36 heavy (non-hydrogen) atoms. The van der Waals surface area contributed by atoms with Crippen LogP contribution >= 0.6 is 11.8 Å². The van der Waals surface area contributed by atoms with Gasteiger partial charge in [-0.25, -0.2) is 9.59 Å². The van der Waals surface area contributed by atoms with Gasteiger partial charge in [-0.05, 0) is 19.8 Å². The Morgan fingerprint density at radius 3 is 2.44 bits per heavy atom. The van der Waals surface area contributed by atoms with Crippen molar-refractivity contribution in [1.82, 2.24) is 14.7 Å². The van der Waals surface area contributed by atoms with Gasteiger partial charge in [0.15, 0.2) is 0 Å². The molecule has 0 aromatic carbocycles. The minimum atomic E-state index is -1.24. The van der Waals surface area contributed by atoms with Crippen molar-refractivity contribution in [3.63, 3.8) is 0 Å². The van der Waals surface area contributed by atoms with Crippen LogP contribution in [0.3, 0.4) is 0 Å². The number of carboxylic acids is 1. The first-order chi connectivity index (χ1) is 16.9. The van der Waals surface area contributed by atoms with Gasteiger partial charge < -0.3 is 29.5 Å². The second-order valence-corrected chi connectivity index (χ2v) is 10.8. The van der Waals surface area contributed by atoms with Crippen LogP contribution in [0.2, 0.25) is 0 Å². The van der Waals surface area contributed by atoms with E-state index in [1.165, 1.54) is 33.4 Å². The lowest BCUT2D eigenvalue weighted by molar-refractivity contribution is -0.163. The molecule has 0 saturated carbocycles. The molecule has 2 N–H and O–H groups in total. The number of aliphatic hydroxyl groups excluding tert-OH is 1. The predicted octanol–water partition coefficient (Wildman–Crippen LogP) is 0.842. The highest BCUT2D eigenvalue weighted by Crippen LogP contribution is 2.52. The SMILES string of the molecule is CCCC(=O)OCOC(=O)N1CC(SC2=C(C(=O)O)N3C(=O)C(C(C)O)C3C2C)CC1C(=O)N(C)C. The van der Waals surface area contributed by atoms with E-state index in [2.05, 4.69) is 0 Å². The topological polar surface area (TPSA) is 154 Å². The lowest BCUT2D eigenvalue weighted by atomic mass is 9.79. The molecule has 3 aliphatic rings. The van der Waals surface area contributed by atoms with Gasteiger partial charge in [-0.1, -0.05) is 13.8 Å². The summed E-state index contributed by atoms with van der Waals surface area (Å²) in [5.74, 6) is -3.50. The van der Waals surface area contributed by atoms with Crippen molar-refractivity contribution in [2.24, 2.45) is 11.8 Å². The van der Waals surface area contributed by atoms with Crippen LogP contribution in [0, 0.1) is 11.8 Å². The lowest BCUT2D eigenvalue weighted by Gasteiger charge is -2.46. The number of aliphatic carboxylic acids is 1. The van der Waals surface area contributed by atoms with Crippen molar-refractivity contribution in [2.75, 3.05) is 27.4 Å². The highest BCUT2D eigenvalue weighted by molar-refractivity contribution is 8.03. The molecule has 13 heteroatoms. The quantitative estimate of drug-likeness (QED) is 0.250. The van der Waals surface area contributed by atoms with Crippen LogP contribution in [-0.4, -0.2) is 106 Å². The van der Waals surface area contributed by atoms with Gasteiger partial charge in [0.1, 0.15) is 11.7 Å².